The molecule has 3 nitrogen and oxygen atoms in total. The number of hydrogen-bond acceptors (Lipinski definition) is 3. The zero-order chi connectivity index (χ0) is 14.1. The van der Waals surface area contributed by atoms with Crippen LogP contribution in [0.1, 0.15) is 39.7 Å². The molecule has 1 aliphatic rings. The maximum atomic E-state index is 12.4. The quantitative estimate of drug-likeness (QED) is 0.911. The van der Waals surface area contributed by atoms with Crippen molar-refractivity contribution in [3.8, 4) is 0 Å². The second-order valence-corrected chi connectivity index (χ2v) is 6.54. The molecule has 0 aliphatic heterocycles. The molecule has 1 N–H and O–H groups in total. The third-order valence-corrected chi connectivity index (χ3v) is 4.85. The second kappa shape index (κ2) is 5.37. The van der Waals surface area contributed by atoms with Gasteiger partial charge in [0.25, 0.3) is 5.91 Å². The van der Waals surface area contributed by atoms with Crippen molar-refractivity contribution in [2.45, 2.75) is 33.1 Å². The third-order valence-electron chi connectivity index (χ3n) is 3.80. The number of anilines is 1. The molecule has 104 valence electrons. The first-order chi connectivity index (χ1) is 9.63. The molecule has 2 heterocycles. The van der Waals surface area contributed by atoms with Gasteiger partial charge in [-0.15, -0.1) is 11.3 Å². The predicted octanol–water partition coefficient (Wildman–Crippen LogP) is 3.83. The molecule has 0 aromatic carbocycles. The fourth-order valence-corrected chi connectivity index (χ4v) is 3.90. The van der Waals surface area contributed by atoms with Crippen LogP contribution in [0.3, 0.4) is 0 Å². The van der Waals surface area contributed by atoms with E-state index in [4.69, 9.17) is 0 Å². The van der Waals surface area contributed by atoms with Gasteiger partial charge in [-0.1, -0.05) is 6.92 Å². The van der Waals surface area contributed by atoms with E-state index in [0.717, 1.165) is 29.9 Å². The molecule has 0 unspecified atom stereocenters. The van der Waals surface area contributed by atoms with Crippen LogP contribution in [0.2, 0.25) is 0 Å². The molecule has 1 amide bonds. The van der Waals surface area contributed by atoms with Crippen molar-refractivity contribution in [3.05, 3.63) is 45.3 Å². The summed E-state index contributed by atoms with van der Waals surface area (Å²) in [5.41, 5.74) is 3.18. The SMILES string of the molecule is Cc1ccnc(NC(=O)c2csc3c2CC[C@@H](C)C3)c1. The van der Waals surface area contributed by atoms with E-state index >= 15 is 0 Å². The topological polar surface area (TPSA) is 42.0 Å². The lowest BCUT2D eigenvalue weighted by molar-refractivity contribution is 0.102. The van der Waals surface area contributed by atoms with Gasteiger partial charge >= 0.3 is 0 Å². The van der Waals surface area contributed by atoms with E-state index in [9.17, 15) is 4.79 Å². The van der Waals surface area contributed by atoms with Gasteiger partial charge in [0.1, 0.15) is 5.82 Å². The van der Waals surface area contributed by atoms with Crippen LogP contribution in [-0.2, 0) is 12.8 Å². The smallest absolute Gasteiger partial charge is 0.257 e. The van der Waals surface area contributed by atoms with Crippen LogP contribution in [0.5, 0.6) is 0 Å². The minimum absolute atomic E-state index is 0.0323. The van der Waals surface area contributed by atoms with Crippen LogP contribution < -0.4 is 5.32 Å². The van der Waals surface area contributed by atoms with Crippen LogP contribution in [0.25, 0.3) is 0 Å². The van der Waals surface area contributed by atoms with Gasteiger partial charge in [-0.05, 0) is 55.4 Å². The molecule has 0 radical (unpaired) electrons. The molecule has 1 aliphatic carbocycles. The number of fused-ring (bicyclic) bond motifs is 1. The summed E-state index contributed by atoms with van der Waals surface area (Å²) < 4.78 is 0. The molecule has 0 spiro atoms. The highest BCUT2D eigenvalue weighted by atomic mass is 32.1. The normalized spacial score (nSPS) is 17.6. The number of carbonyl (C=O) groups is 1. The fourth-order valence-electron chi connectivity index (χ4n) is 2.66. The Balaban J connectivity index is 1.81. The number of thiophene rings is 1. The fraction of sp³-hybridized carbons (Fsp3) is 0.375. The standard InChI is InChI=1S/C16H18N2OS/c1-10-3-4-12-13(9-20-14(12)7-10)16(19)18-15-8-11(2)5-6-17-15/h5-6,8-10H,3-4,7H2,1-2H3,(H,17,18,19)/t10-/m1/s1. The number of pyridine rings is 1. The largest absolute Gasteiger partial charge is 0.307 e. The zero-order valence-corrected chi connectivity index (χ0v) is 12.6. The van der Waals surface area contributed by atoms with E-state index in [1.807, 2.05) is 24.4 Å². The summed E-state index contributed by atoms with van der Waals surface area (Å²) in [5, 5.41) is 4.90. The summed E-state index contributed by atoms with van der Waals surface area (Å²) in [6, 6.07) is 3.81. The average molecular weight is 286 g/mol. The van der Waals surface area contributed by atoms with Gasteiger partial charge in [0.2, 0.25) is 0 Å². The maximum absolute atomic E-state index is 12.4. The first-order valence-corrected chi connectivity index (χ1v) is 7.84. The van der Waals surface area contributed by atoms with Gasteiger partial charge in [-0.2, -0.15) is 0 Å². The monoisotopic (exact) mass is 286 g/mol. The van der Waals surface area contributed by atoms with Crippen LogP contribution in [0, 0.1) is 12.8 Å². The third kappa shape index (κ3) is 2.61. The number of nitrogens with one attached hydrogen (secondary N) is 1. The molecule has 0 bridgehead atoms. The number of aryl methyl sites for hydroxylation is 1. The highest BCUT2D eigenvalue weighted by Crippen LogP contribution is 2.33. The van der Waals surface area contributed by atoms with Crippen molar-refractivity contribution in [3.63, 3.8) is 0 Å². The van der Waals surface area contributed by atoms with E-state index < -0.39 is 0 Å². The van der Waals surface area contributed by atoms with E-state index in [2.05, 4.69) is 17.2 Å². The molecule has 0 fully saturated rings. The van der Waals surface area contributed by atoms with Crippen LogP contribution in [0.15, 0.2) is 23.7 Å². The van der Waals surface area contributed by atoms with E-state index in [1.165, 1.54) is 16.9 Å². The van der Waals surface area contributed by atoms with Crippen molar-refractivity contribution in [2.24, 2.45) is 5.92 Å². The number of carbonyl (C=O) groups excluding carboxylic acids is 1. The van der Waals surface area contributed by atoms with Crippen LogP contribution >= 0.6 is 11.3 Å². The first-order valence-electron chi connectivity index (χ1n) is 6.96. The lowest BCUT2D eigenvalue weighted by Gasteiger charge is -2.18. The van der Waals surface area contributed by atoms with Gasteiger partial charge in [0.15, 0.2) is 0 Å². The minimum Gasteiger partial charge on any atom is -0.307 e. The number of hydrogen-bond donors (Lipinski definition) is 1. The van der Waals surface area contributed by atoms with Crippen molar-refractivity contribution < 1.29 is 4.79 Å². The minimum atomic E-state index is -0.0323. The highest BCUT2D eigenvalue weighted by molar-refractivity contribution is 7.10. The van der Waals surface area contributed by atoms with E-state index in [-0.39, 0.29) is 5.91 Å². The van der Waals surface area contributed by atoms with Gasteiger partial charge in [0, 0.05) is 16.5 Å². The van der Waals surface area contributed by atoms with E-state index in [1.54, 1.807) is 17.5 Å². The Hall–Kier alpha value is -1.68. The summed E-state index contributed by atoms with van der Waals surface area (Å²) >= 11 is 1.72. The number of nitrogens with zero attached hydrogens (tertiary/aromatic N) is 1. The maximum Gasteiger partial charge on any atom is 0.257 e. The highest BCUT2D eigenvalue weighted by Gasteiger charge is 2.23. The molecule has 3 rings (SSSR count). The Labute approximate surface area is 123 Å². The van der Waals surface area contributed by atoms with Crippen LogP contribution in [0.4, 0.5) is 5.82 Å². The molecule has 0 saturated carbocycles. The Morgan fingerprint density at radius 2 is 2.35 bits per heavy atom. The van der Waals surface area contributed by atoms with E-state index in [0.29, 0.717) is 5.82 Å². The summed E-state index contributed by atoms with van der Waals surface area (Å²) in [4.78, 5) is 18.0. The predicted molar refractivity (Wildman–Crippen MR) is 82.4 cm³/mol. The molecule has 4 heteroatoms. The number of amides is 1. The lowest BCUT2D eigenvalue weighted by atomic mass is 9.88. The Morgan fingerprint density at radius 3 is 3.15 bits per heavy atom. The Bertz CT molecular complexity index is 648. The van der Waals surface area contributed by atoms with Crippen molar-refractivity contribution in [1.29, 1.82) is 0 Å². The van der Waals surface area contributed by atoms with Gasteiger partial charge in [-0.25, -0.2) is 4.98 Å². The summed E-state index contributed by atoms with van der Waals surface area (Å²) in [5.74, 6) is 1.32. The second-order valence-electron chi connectivity index (χ2n) is 5.57. The lowest BCUT2D eigenvalue weighted by Crippen LogP contribution is -2.17. The van der Waals surface area contributed by atoms with Gasteiger partial charge in [-0.3, -0.25) is 4.79 Å². The average Bonchev–Trinajstić information content (AvgIpc) is 2.81. The molecule has 1 atom stereocenters. The van der Waals surface area contributed by atoms with Gasteiger partial charge in [0.05, 0.1) is 5.56 Å². The molecular weight excluding hydrogens is 268 g/mol. The van der Waals surface area contributed by atoms with Crippen molar-refractivity contribution in [2.75, 3.05) is 5.32 Å². The molecule has 2 aromatic heterocycles. The summed E-state index contributed by atoms with van der Waals surface area (Å²) in [6.45, 7) is 4.27. The number of aromatic nitrogens is 1. The molecule has 20 heavy (non-hydrogen) atoms. The molecule has 0 saturated heterocycles. The Morgan fingerprint density at radius 1 is 1.50 bits per heavy atom. The molecule has 2 aromatic rings. The Kier molecular flexibility index (Phi) is 3.57. The molecular formula is C16H18N2OS. The first kappa shape index (κ1) is 13.3. The van der Waals surface area contributed by atoms with Gasteiger partial charge < -0.3 is 5.32 Å². The summed E-state index contributed by atoms with van der Waals surface area (Å²) in [6.07, 6.45) is 5.02. The zero-order valence-electron chi connectivity index (χ0n) is 11.8. The van der Waals surface area contributed by atoms with Crippen molar-refractivity contribution in [1.82, 2.24) is 4.98 Å². The number of rotatable bonds is 2. The summed E-state index contributed by atoms with van der Waals surface area (Å²) in [7, 11) is 0. The van der Waals surface area contributed by atoms with Crippen LogP contribution in [-0.4, -0.2) is 10.9 Å². The van der Waals surface area contributed by atoms with Crippen molar-refractivity contribution >= 4 is 23.1 Å².